The zero-order valence-electron chi connectivity index (χ0n) is 22.9. The zero-order valence-corrected chi connectivity index (χ0v) is 22.9. The van der Waals surface area contributed by atoms with Crippen molar-refractivity contribution in [3.63, 3.8) is 0 Å². The number of pyridine rings is 2. The second kappa shape index (κ2) is 8.78. The Balaban J connectivity index is 1.81. The van der Waals surface area contributed by atoms with Crippen LogP contribution < -0.4 is 10.9 Å². The molecule has 5 aromatic carbocycles. The zero-order chi connectivity index (χ0) is 27.7. The molecule has 7 rings (SSSR count). The van der Waals surface area contributed by atoms with Crippen molar-refractivity contribution in [3.8, 4) is 11.4 Å². The fourth-order valence-electron chi connectivity index (χ4n) is 6.25. The van der Waals surface area contributed by atoms with Gasteiger partial charge in [-0.2, -0.15) is 0 Å². The normalized spacial score (nSPS) is 11.7. The van der Waals surface area contributed by atoms with Crippen molar-refractivity contribution < 1.29 is 0 Å². The highest BCUT2D eigenvalue weighted by molar-refractivity contribution is 6.06. The van der Waals surface area contributed by atoms with Crippen LogP contribution in [0.3, 0.4) is 0 Å². The number of aryl methyl sites for hydroxylation is 4. The summed E-state index contributed by atoms with van der Waals surface area (Å²) in [5, 5.41) is 2.50. The molecule has 7 aromatic rings. The Morgan fingerprint density at radius 2 is 0.800 bits per heavy atom. The van der Waals surface area contributed by atoms with Crippen LogP contribution in [0.5, 0.6) is 0 Å². The summed E-state index contributed by atoms with van der Waals surface area (Å²) in [7, 11) is 0. The molecular weight excluding hydrogens is 492 g/mol. The molecule has 0 saturated heterocycles. The Bertz CT molecular complexity index is 2140. The van der Waals surface area contributed by atoms with E-state index in [1.807, 2.05) is 86.6 Å². The van der Waals surface area contributed by atoms with Gasteiger partial charge in [-0.3, -0.25) is 9.59 Å². The average Bonchev–Trinajstić information content (AvgIpc) is 2.95. The monoisotopic (exact) mass is 520 g/mol. The first kappa shape index (κ1) is 24.1. The van der Waals surface area contributed by atoms with E-state index in [-0.39, 0.29) is 10.9 Å². The summed E-state index contributed by atoms with van der Waals surface area (Å²) in [6, 6.07) is 32.0. The third-order valence-electron chi connectivity index (χ3n) is 8.21. The maximum atomic E-state index is 14.2. The second-order valence-electron chi connectivity index (χ2n) is 10.7. The molecule has 4 nitrogen and oxygen atoms in total. The third kappa shape index (κ3) is 3.32. The molecule has 2 heterocycles. The van der Waals surface area contributed by atoms with Crippen molar-refractivity contribution in [2.45, 2.75) is 27.7 Å². The Labute approximate surface area is 231 Å². The molecule has 0 unspecified atom stereocenters. The number of hydrogen-bond acceptors (Lipinski definition) is 2. The van der Waals surface area contributed by atoms with Crippen LogP contribution in [-0.4, -0.2) is 9.13 Å². The molecule has 0 spiro atoms. The van der Waals surface area contributed by atoms with E-state index in [2.05, 4.69) is 47.2 Å². The van der Waals surface area contributed by atoms with Gasteiger partial charge in [0, 0.05) is 32.9 Å². The van der Waals surface area contributed by atoms with Gasteiger partial charge >= 0.3 is 0 Å². The lowest BCUT2D eigenvalue weighted by atomic mass is 10.00. The molecule has 0 N–H and O–H groups in total. The topological polar surface area (TPSA) is 44.0 Å². The quantitative estimate of drug-likeness (QED) is 0.218. The minimum Gasteiger partial charge on any atom is -0.308 e. The second-order valence-corrected chi connectivity index (χ2v) is 10.7. The van der Waals surface area contributed by atoms with Crippen LogP contribution in [0.2, 0.25) is 0 Å². The number of aromatic nitrogens is 2. The van der Waals surface area contributed by atoms with Gasteiger partial charge in [0.15, 0.2) is 10.9 Å². The van der Waals surface area contributed by atoms with E-state index in [1.54, 1.807) is 0 Å². The molecule has 0 aliphatic heterocycles. The highest BCUT2D eigenvalue weighted by Crippen LogP contribution is 2.33. The lowest BCUT2D eigenvalue weighted by Crippen LogP contribution is -2.16. The lowest BCUT2D eigenvalue weighted by molar-refractivity contribution is 1.11. The minimum atomic E-state index is -0.0332. The van der Waals surface area contributed by atoms with Crippen molar-refractivity contribution in [2.24, 2.45) is 0 Å². The summed E-state index contributed by atoms with van der Waals surface area (Å²) in [4.78, 5) is 28.4. The number of hydrogen-bond donors (Lipinski definition) is 0. The van der Waals surface area contributed by atoms with Gasteiger partial charge in [0.25, 0.3) is 0 Å². The van der Waals surface area contributed by atoms with Crippen LogP contribution in [0.4, 0.5) is 0 Å². The van der Waals surface area contributed by atoms with Gasteiger partial charge in [-0.25, -0.2) is 0 Å². The highest BCUT2D eigenvalue weighted by Gasteiger charge is 2.20. The number of nitrogens with zero attached hydrogens (tertiary/aromatic N) is 2. The van der Waals surface area contributed by atoms with Crippen LogP contribution in [0, 0.1) is 27.7 Å². The minimum absolute atomic E-state index is 0.0332. The highest BCUT2D eigenvalue weighted by atomic mass is 16.1. The Hall–Kier alpha value is -4.96. The maximum Gasteiger partial charge on any atom is 0.197 e. The first-order valence-electron chi connectivity index (χ1n) is 13.5. The summed E-state index contributed by atoms with van der Waals surface area (Å²) in [5.74, 6) is 0. The molecule has 0 radical (unpaired) electrons. The van der Waals surface area contributed by atoms with E-state index in [4.69, 9.17) is 0 Å². The Kier molecular flexibility index (Phi) is 5.29. The summed E-state index contributed by atoms with van der Waals surface area (Å²) in [6.07, 6.45) is 0. The molecule has 2 aromatic heterocycles. The molecule has 0 bridgehead atoms. The predicted molar refractivity (Wildman–Crippen MR) is 167 cm³/mol. The van der Waals surface area contributed by atoms with Gasteiger partial charge in [-0.05, 0) is 86.3 Å². The van der Waals surface area contributed by atoms with Crippen molar-refractivity contribution in [3.05, 3.63) is 140 Å². The molecule has 0 saturated carbocycles. The van der Waals surface area contributed by atoms with Gasteiger partial charge in [-0.1, -0.05) is 60.7 Å². The van der Waals surface area contributed by atoms with E-state index in [0.717, 1.165) is 55.7 Å². The molecule has 40 heavy (non-hydrogen) atoms. The molecule has 0 atom stereocenters. The average molecular weight is 521 g/mol. The van der Waals surface area contributed by atoms with Crippen LogP contribution in [0.15, 0.2) is 107 Å². The molecule has 0 aliphatic rings. The standard InChI is InChI=1S/C36H28N2O2/c1-21-11-5-7-17-29(21)37-31-19-28-32(20-27(31)35(39)25-15-9-13-23(3)33(25)37)38(30-18-8-6-12-22(30)2)34-24(4)14-10-16-26(34)36(28)40/h5-20H,1-4H3. The number of para-hydroxylation sites is 4. The fourth-order valence-corrected chi connectivity index (χ4v) is 6.25. The third-order valence-corrected chi connectivity index (χ3v) is 8.21. The summed E-state index contributed by atoms with van der Waals surface area (Å²) in [5.41, 5.74) is 9.29. The van der Waals surface area contributed by atoms with Crippen molar-refractivity contribution in [1.29, 1.82) is 0 Å². The molecule has 194 valence electrons. The number of fused-ring (bicyclic) bond motifs is 4. The van der Waals surface area contributed by atoms with Crippen LogP contribution in [0.1, 0.15) is 22.3 Å². The number of benzene rings is 5. The fraction of sp³-hybridized carbons (Fsp3) is 0.111. The molecule has 0 aliphatic carbocycles. The molecule has 4 heteroatoms. The molecule has 0 amide bonds. The van der Waals surface area contributed by atoms with Gasteiger partial charge < -0.3 is 9.13 Å². The smallest absolute Gasteiger partial charge is 0.197 e. The molecular formula is C36H28N2O2. The van der Waals surface area contributed by atoms with Gasteiger partial charge in [-0.15, -0.1) is 0 Å². The SMILES string of the molecule is Cc1ccccc1-n1c2cc3c(=O)c4cccc(C)c4n(-c4ccccc4C)c3cc2c(=O)c2cccc(C)c21. The van der Waals surface area contributed by atoms with Crippen LogP contribution in [0.25, 0.3) is 55.0 Å². The van der Waals surface area contributed by atoms with Gasteiger partial charge in [0.2, 0.25) is 0 Å². The first-order chi connectivity index (χ1) is 19.4. The van der Waals surface area contributed by atoms with E-state index in [0.29, 0.717) is 21.5 Å². The predicted octanol–water partition coefficient (Wildman–Crippen LogP) is 7.83. The van der Waals surface area contributed by atoms with Gasteiger partial charge in [0.1, 0.15) is 0 Å². The molecule has 0 fully saturated rings. The Morgan fingerprint density at radius 1 is 0.425 bits per heavy atom. The van der Waals surface area contributed by atoms with E-state index >= 15 is 0 Å². The van der Waals surface area contributed by atoms with Crippen molar-refractivity contribution in [2.75, 3.05) is 0 Å². The van der Waals surface area contributed by atoms with Crippen LogP contribution in [-0.2, 0) is 0 Å². The van der Waals surface area contributed by atoms with Crippen LogP contribution >= 0.6 is 0 Å². The van der Waals surface area contributed by atoms with Gasteiger partial charge in [0.05, 0.1) is 22.1 Å². The lowest BCUT2D eigenvalue weighted by Gasteiger charge is -2.22. The van der Waals surface area contributed by atoms with E-state index in [9.17, 15) is 9.59 Å². The number of rotatable bonds is 2. The summed E-state index contributed by atoms with van der Waals surface area (Å²) >= 11 is 0. The van der Waals surface area contributed by atoms with Crippen molar-refractivity contribution >= 4 is 43.6 Å². The maximum absolute atomic E-state index is 14.2. The van der Waals surface area contributed by atoms with E-state index < -0.39 is 0 Å². The largest absolute Gasteiger partial charge is 0.308 e. The van der Waals surface area contributed by atoms with Crippen molar-refractivity contribution in [1.82, 2.24) is 9.13 Å². The van der Waals surface area contributed by atoms with E-state index in [1.165, 1.54) is 0 Å². The summed E-state index contributed by atoms with van der Waals surface area (Å²) < 4.78 is 4.32. The Morgan fingerprint density at radius 3 is 1.20 bits per heavy atom. The first-order valence-corrected chi connectivity index (χ1v) is 13.5. The summed E-state index contributed by atoms with van der Waals surface area (Å²) in [6.45, 7) is 8.22.